The Morgan fingerprint density at radius 2 is 2.18 bits per heavy atom. The first-order valence-electron chi connectivity index (χ1n) is 5.94. The molecule has 0 bridgehead atoms. The Morgan fingerprint density at radius 1 is 1.47 bits per heavy atom. The molecule has 2 rings (SSSR count). The zero-order chi connectivity index (χ0) is 12.6. The van der Waals surface area contributed by atoms with Crippen molar-refractivity contribution in [3.8, 4) is 0 Å². The Balaban J connectivity index is 2.49. The zero-order valence-corrected chi connectivity index (χ0v) is 11.6. The lowest BCUT2D eigenvalue weighted by Crippen LogP contribution is -2.25. The molecular formula is C13H19N3S. The molecule has 0 saturated heterocycles. The predicted molar refractivity (Wildman–Crippen MR) is 73.5 cm³/mol. The van der Waals surface area contributed by atoms with Gasteiger partial charge in [-0.3, -0.25) is 4.98 Å². The maximum atomic E-state index is 5.39. The summed E-state index contributed by atoms with van der Waals surface area (Å²) in [4.78, 5) is 7.31. The highest BCUT2D eigenvalue weighted by molar-refractivity contribution is 7.71. The van der Waals surface area contributed by atoms with Gasteiger partial charge in [0.1, 0.15) is 0 Å². The summed E-state index contributed by atoms with van der Waals surface area (Å²) in [6.45, 7) is 9.98. The summed E-state index contributed by atoms with van der Waals surface area (Å²) in [5.74, 6) is 0.608. The molecule has 2 aromatic rings. The van der Waals surface area contributed by atoms with Crippen molar-refractivity contribution in [2.75, 3.05) is 0 Å². The first-order chi connectivity index (χ1) is 7.92. The van der Waals surface area contributed by atoms with Crippen LogP contribution in [0.2, 0.25) is 0 Å². The fraction of sp³-hybridized carbons (Fsp3) is 0.538. The predicted octanol–water partition coefficient (Wildman–Crippen LogP) is 3.78. The smallest absolute Gasteiger partial charge is 0.178 e. The molecule has 4 heteroatoms. The van der Waals surface area contributed by atoms with E-state index in [1.54, 1.807) is 0 Å². The number of aromatic amines is 1. The van der Waals surface area contributed by atoms with Crippen LogP contribution >= 0.6 is 12.2 Å². The number of aromatic nitrogens is 3. The van der Waals surface area contributed by atoms with Gasteiger partial charge < -0.3 is 9.55 Å². The van der Waals surface area contributed by atoms with E-state index in [1.807, 2.05) is 18.5 Å². The number of hydrogen-bond acceptors (Lipinski definition) is 2. The highest BCUT2D eigenvalue weighted by atomic mass is 32.1. The van der Waals surface area contributed by atoms with Crippen molar-refractivity contribution >= 4 is 23.3 Å². The van der Waals surface area contributed by atoms with Crippen molar-refractivity contribution in [2.24, 2.45) is 11.3 Å². The molecule has 0 atom stereocenters. The summed E-state index contributed by atoms with van der Waals surface area (Å²) < 4.78 is 2.95. The SMILES string of the molecule is CC(C)C(C)(C)Cn1c(=S)[nH]c2cnccc21. The van der Waals surface area contributed by atoms with Gasteiger partial charge in [0.25, 0.3) is 0 Å². The minimum atomic E-state index is 0.219. The molecule has 0 unspecified atom stereocenters. The monoisotopic (exact) mass is 249 g/mol. The van der Waals surface area contributed by atoms with Crippen LogP contribution in [0.1, 0.15) is 27.7 Å². The molecule has 0 fully saturated rings. The molecule has 0 aliphatic heterocycles. The standard InChI is InChI=1S/C13H19N3S/c1-9(2)13(3,4)8-16-11-5-6-14-7-10(11)15-12(16)17/h5-7,9H,8H2,1-4H3,(H,15,17). The van der Waals surface area contributed by atoms with Gasteiger partial charge in [0.05, 0.1) is 17.2 Å². The van der Waals surface area contributed by atoms with Gasteiger partial charge in [0, 0.05) is 12.7 Å². The molecule has 2 aromatic heterocycles. The van der Waals surface area contributed by atoms with Crippen LogP contribution in [0.5, 0.6) is 0 Å². The van der Waals surface area contributed by atoms with Crippen LogP contribution < -0.4 is 0 Å². The van der Waals surface area contributed by atoms with E-state index in [0.29, 0.717) is 5.92 Å². The van der Waals surface area contributed by atoms with Crippen LogP contribution in [0.3, 0.4) is 0 Å². The van der Waals surface area contributed by atoms with Crippen molar-refractivity contribution in [3.05, 3.63) is 23.2 Å². The van der Waals surface area contributed by atoms with Gasteiger partial charge in [-0.15, -0.1) is 0 Å². The molecule has 92 valence electrons. The second-order valence-electron chi connectivity index (χ2n) is 5.55. The van der Waals surface area contributed by atoms with Gasteiger partial charge in [-0.1, -0.05) is 27.7 Å². The molecule has 0 amide bonds. The third kappa shape index (κ3) is 2.27. The Morgan fingerprint density at radius 3 is 2.82 bits per heavy atom. The lowest BCUT2D eigenvalue weighted by molar-refractivity contribution is 0.212. The van der Waals surface area contributed by atoms with Gasteiger partial charge in [0.15, 0.2) is 4.77 Å². The summed E-state index contributed by atoms with van der Waals surface area (Å²) in [7, 11) is 0. The molecule has 3 nitrogen and oxygen atoms in total. The van der Waals surface area contributed by atoms with Crippen molar-refractivity contribution < 1.29 is 0 Å². The second kappa shape index (κ2) is 4.26. The number of fused-ring (bicyclic) bond motifs is 1. The summed E-state index contributed by atoms with van der Waals surface area (Å²) in [5, 5.41) is 0. The van der Waals surface area contributed by atoms with E-state index in [4.69, 9.17) is 12.2 Å². The molecule has 1 N–H and O–H groups in total. The third-order valence-electron chi connectivity index (χ3n) is 3.70. The number of H-pyrrole nitrogens is 1. The molecule has 0 radical (unpaired) electrons. The van der Waals surface area contributed by atoms with Crippen LogP contribution in [-0.2, 0) is 6.54 Å². The van der Waals surface area contributed by atoms with E-state index in [2.05, 4.69) is 42.2 Å². The number of nitrogens with one attached hydrogen (secondary N) is 1. The Bertz CT molecular complexity index is 578. The Labute approximate surface area is 107 Å². The topological polar surface area (TPSA) is 33.6 Å². The van der Waals surface area contributed by atoms with Crippen LogP contribution in [0.4, 0.5) is 0 Å². The van der Waals surface area contributed by atoms with Gasteiger partial charge >= 0.3 is 0 Å². The van der Waals surface area contributed by atoms with Crippen molar-refractivity contribution in [2.45, 2.75) is 34.2 Å². The fourth-order valence-electron chi connectivity index (χ4n) is 1.76. The number of hydrogen-bond donors (Lipinski definition) is 1. The number of pyridine rings is 1. The third-order valence-corrected chi connectivity index (χ3v) is 4.03. The maximum Gasteiger partial charge on any atom is 0.178 e. The van der Waals surface area contributed by atoms with Crippen LogP contribution in [-0.4, -0.2) is 14.5 Å². The normalized spacial score (nSPS) is 12.5. The summed E-state index contributed by atoms with van der Waals surface area (Å²) in [5.41, 5.74) is 2.37. The second-order valence-corrected chi connectivity index (χ2v) is 5.94. The minimum Gasteiger partial charge on any atom is -0.329 e. The van der Waals surface area contributed by atoms with Gasteiger partial charge in [-0.25, -0.2) is 0 Å². The minimum absolute atomic E-state index is 0.219. The van der Waals surface area contributed by atoms with Gasteiger partial charge in [-0.05, 0) is 29.6 Å². The number of nitrogens with zero attached hydrogens (tertiary/aromatic N) is 2. The highest BCUT2D eigenvalue weighted by Gasteiger charge is 2.24. The zero-order valence-electron chi connectivity index (χ0n) is 10.8. The largest absolute Gasteiger partial charge is 0.329 e. The van der Waals surface area contributed by atoms with Crippen LogP contribution in [0.15, 0.2) is 18.5 Å². The number of rotatable bonds is 3. The molecular weight excluding hydrogens is 230 g/mol. The first kappa shape index (κ1) is 12.3. The first-order valence-corrected chi connectivity index (χ1v) is 6.35. The maximum absolute atomic E-state index is 5.39. The molecule has 0 aliphatic rings. The summed E-state index contributed by atoms with van der Waals surface area (Å²) in [6, 6.07) is 2.01. The van der Waals surface area contributed by atoms with Crippen LogP contribution in [0.25, 0.3) is 11.0 Å². The van der Waals surface area contributed by atoms with Crippen molar-refractivity contribution in [3.63, 3.8) is 0 Å². The quantitative estimate of drug-likeness (QED) is 0.840. The average Bonchev–Trinajstić information content (AvgIpc) is 2.55. The van der Waals surface area contributed by atoms with Crippen molar-refractivity contribution in [1.29, 1.82) is 0 Å². The summed E-state index contributed by atoms with van der Waals surface area (Å²) >= 11 is 5.39. The number of imidazole rings is 1. The lowest BCUT2D eigenvalue weighted by atomic mass is 9.81. The van der Waals surface area contributed by atoms with E-state index in [1.165, 1.54) is 0 Å². The molecule has 0 aliphatic carbocycles. The van der Waals surface area contributed by atoms with E-state index < -0.39 is 0 Å². The molecule has 0 spiro atoms. The van der Waals surface area contributed by atoms with E-state index in [-0.39, 0.29) is 5.41 Å². The van der Waals surface area contributed by atoms with E-state index in [0.717, 1.165) is 22.3 Å². The molecule has 17 heavy (non-hydrogen) atoms. The van der Waals surface area contributed by atoms with Gasteiger partial charge in [0.2, 0.25) is 0 Å². The molecule has 2 heterocycles. The Kier molecular flexibility index (Phi) is 3.08. The van der Waals surface area contributed by atoms with E-state index in [9.17, 15) is 0 Å². The molecule has 0 aromatic carbocycles. The highest BCUT2D eigenvalue weighted by Crippen LogP contribution is 2.29. The van der Waals surface area contributed by atoms with Gasteiger partial charge in [-0.2, -0.15) is 0 Å². The van der Waals surface area contributed by atoms with E-state index >= 15 is 0 Å². The Hall–Kier alpha value is -1.16. The average molecular weight is 249 g/mol. The lowest BCUT2D eigenvalue weighted by Gasteiger charge is -2.29. The van der Waals surface area contributed by atoms with Crippen LogP contribution in [0, 0.1) is 16.1 Å². The van der Waals surface area contributed by atoms with Crippen molar-refractivity contribution in [1.82, 2.24) is 14.5 Å². The molecule has 0 saturated carbocycles. The summed E-state index contributed by atoms with van der Waals surface area (Å²) in [6.07, 6.45) is 3.63. The fourth-order valence-corrected chi connectivity index (χ4v) is 2.03.